The zero-order chi connectivity index (χ0) is 24.0. The first kappa shape index (κ1) is 22.2. The van der Waals surface area contributed by atoms with Gasteiger partial charge < -0.3 is 9.47 Å². The first-order valence-corrected chi connectivity index (χ1v) is 11.7. The summed E-state index contributed by atoms with van der Waals surface area (Å²) >= 11 is 6.40. The molecule has 5 rings (SSSR count). The van der Waals surface area contributed by atoms with E-state index in [2.05, 4.69) is 11.8 Å². The van der Waals surface area contributed by atoms with E-state index in [1.54, 1.807) is 7.05 Å². The smallest absolute Gasteiger partial charge is 0.311 e. The maximum Gasteiger partial charge on any atom is 0.332 e. The van der Waals surface area contributed by atoms with Crippen molar-refractivity contribution in [3.8, 4) is 0 Å². The van der Waals surface area contributed by atoms with Gasteiger partial charge in [-0.05, 0) is 36.1 Å². The number of halogens is 1. The Labute approximate surface area is 202 Å². The number of rotatable bonds is 4. The third-order valence-corrected chi connectivity index (χ3v) is 6.78. The number of allylic oxidation sites excluding steroid dienone is 1. The van der Waals surface area contributed by atoms with Crippen molar-refractivity contribution >= 4 is 40.5 Å². The molecule has 0 saturated carbocycles. The molecule has 1 aliphatic rings. The fourth-order valence-corrected chi connectivity index (χ4v) is 4.79. The van der Waals surface area contributed by atoms with Gasteiger partial charge in [-0.15, -0.1) is 0 Å². The molecule has 2 aromatic carbocycles. The molecule has 34 heavy (non-hydrogen) atoms. The van der Waals surface area contributed by atoms with Gasteiger partial charge in [0.25, 0.3) is 5.56 Å². The highest BCUT2D eigenvalue weighted by atomic mass is 35.5. The monoisotopic (exact) mass is 475 g/mol. The molecule has 0 saturated heterocycles. The van der Waals surface area contributed by atoms with Crippen LogP contribution in [-0.2, 0) is 20.1 Å². The summed E-state index contributed by atoms with van der Waals surface area (Å²) in [4.78, 5) is 33.5. The van der Waals surface area contributed by atoms with Crippen molar-refractivity contribution in [3.05, 3.63) is 91.6 Å². The maximum absolute atomic E-state index is 13.6. The van der Waals surface area contributed by atoms with Crippen LogP contribution in [0.25, 0.3) is 17.2 Å². The maximum atomic E-state index is 13.6. The van der Waals surface area contributed by atoms with Crippen LogP contribution in [0.5, 0.6) is 0 Å². The summed E-state index contributed by atoms with van der Waals surface area (Å²) in [6, 6.07) is 15.6. The van der Waals surface area contributed by atoms with Gasteiger partial charge in [0.1, 0.15) is 0 Å². The summed E-state index contributed by atoms with van der Waals surface area (Å²) in [7, 11) is 1.67. The number of anilines is 2. The minimum Gasteiger partial charge on any atom is -0.311 e. The first-order chi connectivity index (χ1) is 16.4. The van der Waals surface area contributed by atoms with Crippen molar-refractivity contribution in [3.63, 3.8) is 0 Å². The molecule has 0 fully saturated rings. The Balaban J connectivity index is 1.65. The van der Waals surface area contributed by atoms with Crippen LogP contribution in [-0.4, -0.2) is 25.2 Å². The van der Waals surface area contributed by atoms with E-state index in [-0.39, 0.29) is 23.7 Å². The van der Waals surface area contributed by atoms with Crippen molar-refractivity contribution in [2.45, 2.75) is 26.9 Å². The SMILES string of the molecule is Cc1c(Cl)cccc1N1C[C@H](C)Cn2c1nc1c2c(=O)n(C/C=C\c2ccccc2)c(=O)n1C. The van der Waals surface area contributed by atoms with Crippen LogP contribution >= 0.6 is 11.6 Å². The summed E-state index contributed by atoms with van der Waals surface area (Å²) in [6.45, 7) is 5.70. The van der Waals surface area contributed by atoms with E-state index in [0.717, 1.165) is 23.4 Å². The minimum absolute atomic E-state index is 0.184. The van der Waals surface area contributed by atoms with E-state index in [1.807, 2.05) is 72.2 Å². The molecule has 0 N–H and O–H groups in total. The second-order valence-electron chi connectivity index (χ2n) is 8.86. The minimum atomic E-state index is -0.385. The third kappa shape index (κ3) is 3.66. The molecule has 0 unspecified atom stereocenters. The van der Waals surface area contributed by atoms with Crippen molar-refractivity contribution in [2.24, 2.45) is 13.0 Å². The molecule has 2 aromatic heterocycles. The van der Waals surface area contributed by atoms with Crippen molar-refractivity contribution in [2.75, 3.05) is 11.4 Å². The van der Waals surface area contributed by atoms with Crippen LogP contribution in [0.4, 0.5) is 11.6 Å². The lowest BCUT2D eigenvalue weighted by molar-refractivity contribution is 0.457. The number of aryl methyl sites for hydroxylation is 1. The van der Waals surface area contributed by atoms with Gasteiger partial charge in [0, 0.05) is 37.4 Å². The second-order valence-corrected chi connectivity index (χ2v) is 9.27. The molecule has 0 spiro atoms. The highest BCUT2D eigenvalue weighted by molar-refractivity contribution is 6.31. The molecule has 0 radical (unpaired) electrons. The van der Waals surface area contributed by atoms with Gasteiger partial charge >= 0.3 is 5.69 Å². The van der Waals surface area contributed by atoms with Gasteiger partial charge in [0.2, 0.25) is 5.95 Å². The Bertz CT molecular complexity index is 1530. The summed E-state index contributed by atoms with van der Waals surface area (Å²) < 4.78 is 4.68. The molecular formula is C26H26ClN5O2. The molecule has 4 aromatic rings. The molecule has 0 aliphatic carbocycles. The molecule has 0 amide bonds. The van der Waals surface area contributed by atoms with Gasteiger partial charge in [0.15, 0.2) is 11.2 Å². The summed E-state index contributed by atoms with van der Waals surface area (Å²) in [6.07, 6.45) is 3.75. The average Bonchev–Trinajstić information content (AvgIpc) is 3.21. The Kier molecular flexibility index (Phi) is 5.65. The predicted molar refractivity (Wildman–Crippen MR) is 137 cm³/mol. The van der Waals surface area contributed by atoms with Crippen LogP contribution < -0.4 is 16.1 Å². The highest BCUT2D eigenvalue weighted by Crippen LogP contribution is 2.36. The summed E-state index contributed by atoms with van der Waals surface area (Å²) in [5.41, 5.74) is 3.04. The van der Waals surface area contributed by atoms with E-state index in [1.165, 1.54) is 9.13 Å². The average molecular weight is 476 g/mol. The molecule has 174 valence electrons. The van der Waals surface area contributed by atoms with Gasteiger partial charge in [-0.3, -0.25) is 13.9 Å². The Morgan fingerprint density at radius 2 is 1.85 bits per heavy atom. The van der Waals surface area contributed by atoms with Gasteiger partial charge in [-0.25, -0.2) is 4.79 Å². The Morgan fingerprint density at radius 1 is 1.09 bits per heavy atom. The summed E-state index contributed by atoms with van der Waals surface area (Å²) in [5.74, 6) is 0.925. The quantitative estimate of drug-likeness (QED) is 0.440. The fraction of sp³-hybridized carbons (Fsp3) is 0.269. The molecule has 7 nitrogen and oxygen atoms in total. The lowest BCUT2D eigenvalue weighted by atomic mass is 10.1. The van der Waals surface area contributed by atoms with E-state index in [0.29, 0.717) is 28.7 Å². The standard InChI is InChI=1S/C26H26ClN5O2/c1-17-15-31(21-13-7-12-20(27)18(21)2)25-28-23-22(32(25)16-17)24(33)30(26(34)29(23)3)14-8-11-19-9-5-4-6-10-19/h4-13,17H,14-16H2,1-3H3/b11-8-/t17-/m0/s1. The van der Waals surface area contributed by atoms with Crippen molar-refractivity contribution in [1.29, 1.82) is 0 Å². The van der Waals surface area contributed by atoms with Gasteiger partial charge in [0.05, 0.1) is 0 Å². The lowest BCUT2D eigenvalue weighted by Gasteiger charge is -2.34. The van der Waals surface area contributed by atoms with Crippen LogP contribution in [0.2, 0.25) is 5.02 Å². The lowest BCUT2D eigenvalue weighted by Crippen LogP contribution is -2.40. The predicted octanol–water partition coefficient (Wildman–Crippen LogP) is 4.36. The Hall–Kier alpha value is -3.58. The zero-order valence-electron chi connectivity index (χ0n) is 19.4. The van der Waals surface area contributed by atoms with E-state index < -0.39 is 0 Å². The number of hydrogen-bond acceptors (Lipinski definition) is 4. The first-order valence-electron chi connectivity index (χ1n) is 11.3. The fourth-order valence-electron chi connectivity index (χ4n) is 4.62. The second kappa shape index (κ2) is 8.65. The molecule has 3 heterocycles. The third-order valence-electron chi connectivity index (χ3n) is 6.37. The number of hydrogen-bond donors (Lipinski definition) is 0. The number of aromatic nitrogens is 4. The Morgan fingerprint density at radius 3 is 2.62 bits per heavy atom. The topological polar surface area (TPSA) is 65.1 Å². The largest absolute Gasteiger partial charge is 0.332 e. The molecule has 0 bridgehead atoms. The van der Waals surface area contributed by atoms with Crippen molar-refractivity contribution in [1.82, 2.24) is 18.7 Å². The number of fused-ring (bicyclic) bond motifs is 3. The number of imidazole rings is 1. The molecule has 8 heteroatoms. The van der Waals surface area contributed by atoms with Gasteiger partial charge in [-0.1, -0.05) is 67.1 Å². The van der Waals surface area contributed by atoms with Crippen LogP contribution in [0.15, 0.2) is 64.2 Å². The van der Waals surface area contributed by atoms with Crippen molar-refractivity contribution < 1.29 is 0 Å². The zero-order valence-corrected chi connectivity index (χ0v) is 20.2. The van der Waals surface area contributed by atoms with Crippen LogP contribution in [0.3, 0.4) is 0 Å². The normalized spacial score (nSPS) is 15.9. The molecule has 1 atom stereocenters. The molecular weight excluding hydrogens is 450 g/mol. The molecule has 1 aliphatic heterocycles. The number of nitrogens with zero attached hydrogens (tertiary/aromatic N) is 5. The van der Waals surface area contributed by atoms with Crippen LogP contribution in [0, 0.1) is 12.8 Å². The van der Waals surface area contributed by atoms with E-state index in [4.69, 9.17) is 16.6 Å². The highest BCUT2D eigenvalue weighted by Gasteiger charge is 2.30. The van der Waals surface area contributed by atoms with Crippen LogP contribution in [0.1, 0.15) is 18.1 Å². The summed E-state index contributed by atoms with van der Waals surface area (Å²) in [5, 5.41) is 0.679. The number of benzene rings is 2. The van der Waals surface area contributed by atoms with E-state index in [9.17, 15) is 9.59 Å². The van der Waals surface area contributed by atoms with Gasteiger partial charge in [-0.2, -0.15) is 4.98 Å². The van der Waals surface area contributed by atoms with E-state index >= 15 is 0 Å².